The molecule has 0 unspecified atom stereocenters. The maximum absolute atomic E-state index is 5.85. The molecule has 0 saturated heterocycles. The first-order chi connectivity index (χ1) is 8.25. The van der Waals surface area contributed by atoms with Crippen molar-refractivity contribution in [3.8, 4) is 11.4 Å². The van der Waals surface area contributed by atoms with Gasteiger partial charge in [0.2, 0.25) is 0 Å². The number of fused-ring (bicyclic) bond motifs is 1. The Bertz CT molecular complexity index is 674. The van der Waals surface area contributed by atoms with E-state index in [9.17, 15) is 0 Å². The maximum Gasteiger partial charge on any atom is 0.189 e. The first-order valence-corrected chi connectivity index (χ1v) is 5.34. The van der Waals surface area contributed by atoms with Gasteiger partial charge in [0.25, 0.3) is 0 Å². The zero-order valence-electron chi connectivity index (χ0n) is 8.71. The van der Waals surface area contributed by atoms with Crippen LogP contribution in [0.2, 0.25) is 5.02 Å². The average molecular weight is 246 g/mol. The molecular formula is C11H8ClN5. The molecule has 0 aliphatic rings. The highest BCUT2D eigenvalue weighted by atomic mass is 35.5. The lowest BCUT2D eigenvalue weighted by molar-refractivity contribution is 0.966. The summed E-state index contributed by atoms with van der Waals surface area (Å²) in [5.74, 6) is 0.996. The van der Waals surface area contributed by atoms with Gasteiger partial charge in [-0.2, -0.15) is 0 Å². The van der Waals surface area contributed by atoms with Crippen molar-refractivity contribution in [2.24, 2.45) is 0 Å². The van der Waals surface area contributed by atoms with Crippen LogP contribution in [-0.2, 0) is 0 Å². The number of anilines is 1. The molecule has 0 aliphatic carbocycles. The molecule has 0 fully saturated rings. The van der Waals surface area contributed by atoms with E-state index in [2.05, 4.69) is 15.2 Å². The molecule has 0 bridgehead atoms. The van der Waals surface area contributed by atoms with Gasteiger partial charge in [0, 0.05) is 23.0 Å². The van der Waals surface area contributed by atoms with Crippen molar-refractivity contribution in [3.63, 3.8) is 0 Å². The van der Waals surface area contributed by atoms with Crippen LogP contribution < -0.4 is 5.73 Å². The second kappa shape index (κ2) is 3.71. The molecule has 17 heavy (non-hydrogen) atoms. The molecular weight excluding hydrogens is 238 g/mol. The molecule has 0 aliphatic heterocycles. The number of nitrogen functional groups attached to an aromatic ring is 1. The minimum absolute atomic E-state index is 0.313. The van der Waals surface area contributed by atoms with Gasteiger partial charge in [-0.3, -0.25) is 4.40 Å². The van der Waals surface area contributed by atoms with Crippen LogP contribution in [-0.4, -0.2) is 19.6 Å². The van der Waals surface area contributed by atoms with Crippen LogP contribution >= 0.6 is 11.6 Å². The van der Waals surface area contributed by atoms with Gasteiger partial charge in [0.1, 0.15) is 0 Å². The van der Waals surface area contributed by atoms with Crippen molar-refractivity contribution in [3.05, 3.63) is 41.7 Å². The predicted octanol–water partition coefficient (Wildman–Crippen LogP) is 2.03. The number of imidazole rings is 1. The lowest BCUT2D eigenvalue weighted by Crippen LogP contribution is -2.03. The standard InChI is InChI=1S/C11H8ClN5/c12-8-3-1-7(2-4-8)10-16-15-9(13)11-14-5-6-17(10)11/h1-6H,(H2,13,15). The van der Waals surface area contributed by atoms with Crippen molar-refractivity contribution >= 4 is 23.1 Å². The molecule has 0 spiro atoms. The van der Waals surface area contributed by atoms with Crippen LogP contribution in [0.5, 0.6) is 0 Å². The minimum atomic E-state index is 0.313. The van der Waals surface area contributed by atoms with Crippen LogP contribution in [0.15, 0.2) is 36.7 Å². The number of nitrogens with zero attached hydrogens (tertiary/aromatic N) is 4. The average Bonchev–Trinajstić information content (AvgIpc) is 2.81. The van der Waals surface area contributed by atoms with E-state index in [0.29, 0.717) is 22.3 Å². The fourth-order valence-electron chi connectivity index (χ4n) is 1.65. The second-order valence-corrected chi connectivity index (χ2v) is 3.97. The Morgan fingerprint density at radius 3 is 2.65 bits per heavy atom. The molecule has 5 nitrogen and oxygen atoms in total. The Balaban J connectivity index is 2.27. The van der Waals surface area contributed by atoms with E-state index in [1.807, 2.05) is 12.1 Å². The molecule has 2 N–H and O–H groups in total. The fraction of sp³-hybridized carbons (Fsp3) is 0. The summed E-state index contributed by atoms with van der Waals surface area (Å²) in [5, 5.41) is 8.65. The minimum Gasteiger partial charge on any atom is -0.379 e. The second-order valence-electron chi connectivity index (χ2n) is 3.54. The van der Waals surface area contributed by atoms with Gasteiger partial charge in [-0.25, -0.2) is 4.98 Å². The van der Waals surface area contributed by atoms with Crippen molar-refractivity contribution in [1.29, 1.82) is 0 Å². The van der Waals surface area contributed by atoms with Gasteiger partial charge in [0.15, 0.2) is 17.3 Å². The summed E-state index contributed by atoms with van der Waals surface area (Å²) in [6.45, 7) is 0. The van der Waals surface area contributed by atoms with Gasteiger partial charge in [-0.1, -0.05) is 11.6 Å². The molecule has 0 atom stereocenters. The Kier molecular flexibility index (Phi) is 2.19. The molecule has 0 radical (unpaired) electrons. The van der Waals surface area contributed by atoms with Gasteiger partial charge >= 0.3 is 0 Å². The monoisotopic (exact) mass is 245 g/mol. The Morgan fingerprint density at radius 1 is 1.12 bits per heavy atom. The van der Waals surface area contributed by atoms with Crippen LogP contribution in [0.4, 0.5) is 5.82 Å². The zero-order valence-corrected chi connectivity index (χ0v) is 9.46. The molecule has 1 aromatic carbocycles. The summed E-state index contributed by atoms with van der Waals surface area (Å²) in [6, 6.07) is 7.36. The van der Waals surface area contributed by atoms with E-state index >= 15 is 0 Å². The normalized spacial score (nSPS) is 10.9. The molecule has 3 rings (SSSR count). The lowest BCUT2D eigenvalue weighted by atomic mass is 10.2. The molecule has 2 aromatic heterocycles. The van der Waals surface area contributed by atoms with Gasteiger partial charge in [0.05, 0.1) is 0 Å². The number of aromatic nitrogens is 4. The highest BCUT2D eigenvalue weighted by Crippen LogP contribution is 2.21. The number of rotatable bonds is 1. The molecule has 0 amide bonds. The van der Waals surface area contributed by atoms with Gasteiger partial charge in [-0.05, 0) is 24.3 Å². The van der Waals surface area contributed by atoms with Gasteiger partial charge in [-0.15, -0.1) is 10.2 Å². The van der Waals surface area contributed by atoms with E-state index in [1.54, 1.807) is 28.9 Å². The van der Waals surface area contributed by atoms with E-state index in [1.165, 1.54) is 0 Å². The Labute approximate surface area is 102 Å². The van der Waals surface area contributed by atoms with E-state index in [-0.39, 0.29) is 0 Å². The summed E-state index contributed by atoms with van der Waals surface area (Å²) < 4.78 is 1.80. The third-order valence-corrected chi connectivity index (χ3v) is 2.70. The largest absolute Gasteiger partial charge is 0.379 e. The first kappa shape index (κ1) is 10.0. The number of nitrogens with two attached hydrogens (primary N) is 1. The Hall–Kier alpha value is -2.14. The highest BCUT2D eigenvalue weighted by Gasteiger charge is 2.09. The highest BCUT2D eigenvalue weighted by molar-refractivity contribution is 6.30. The van der Waals surface area contributed by atoms with E-state index in [4.69, 9.17) is 17.3 Å². The van der Waals surface area contributed by atoms with Gasteiger partial charge < -0.3 is 5.73 Å². The molecule has 2 heterocycles. The predicted molar refractivity (Wildman–Crippen MR) is 65.6 cm³/mol. The van der Waals surface area contributed by atoms with Crippen LogP contribution in [0.25, 0.3) is 17.0 Å². The van der Waals surface area contributed by atoms with Crippen LogP contribution in [0, 0.1) is 0 Å². The SMILES string of the molecule is Nc1nnc(-c2ccc(Cl)cc2)n2ccnc12. The summed E-state index contributed by atoms with van der Waals surface area (Å²) in [7, 11) is 0. The number of benzene rings is 1. The van der Waals surface area contributed by atoms with Crippen molar-refractivity contribution in [2.75, 3.05) is 5.73 Å². The quantitative estimate of drug-likeness (QED) is 0.712. The van der Waals surface area contributed by atoms with E-state index < -0.39 is 0 Å². The zero-order chi connectivity index (χ0) is 11.8. The van der Waals surface area contributed by atoms with E-state index in [0.717, 1.165) is 5.56 Å². The fourth-order valence-corrected chi connectivity index (χ4v) is 1.78. The summed E-state index contributed by atoms with van der Waals surface area (Å²) in [5.41, 5.74) is 7.20. The van der Waals surface area contributed by atoms with Crippen molar-refractivity contribution in [1.82, 2.24) is 19.6 Å². The summed E-state index contributed by atoms with van der Waals surface area (Å²) in [4.78, 5) is 4.13. The van der Waals surface area contributed by atoms with Crippen molar-refractivity contribution < 1.29 is 0 Å². The molecule has 84 valence electrons. The molecule has 3 aromatic rings. The Morgan fingerprint density at radius 2 is 1.88 bits per heavy atom. The molecule has 6 heteroatoms. The van der Waals surface area contributed by atoms with Crippen LogP contribution in [0.3, 0.4) is 0 Å². The lowest BCUT2D eigenvalue weighted by Gasteiger charge is -2.04. The number of halogens is 1. The number of hydrogen-bond donors (Lipinski definition) is 1. The summed E-state index contributed by atoms with van der Waals surface area (Å²) in [6.07, 6.45) is 3.46. The first-order valence-electron chi connectivity index (χ1n) is 4.97. The third-order valence-electron chi connectivity index (χ3n) is 2.45. The topological polar surface area (TPSA) is 69.1 Å². The third kappa shape index (κ3) is 1.60. The summed E-state index contributed by atoms with van der Waals surface area (Å²) >= 11 is 5.85. The maximum atomic E-state index is 5.85. The van der Waals surface area contributed by atoms with Crippen LogP contribution in [0.1, 0.15) is 0 Å². The van der Waals surface area contributed by atoms with Crippen molar-refractivity contribution in [2.45, 2.75) is 0 Å². The number of hydrogen-bond acceptors (Lipinski definition) is 4. The smallest absolute Gasteiger partial charge is 0.189 e. The molecule has 0 saturated carbocycles.